The Bertz CT molecular complexity index is 613. The summed E-state index contributed by atoms with van der Waals surface area (Å²) >= 11 is 2.21. The number of nitrogens with one attached hydrogen (secondary N) is 1. The Balaban J connectivity index is 2.51. The minimum atomic E-state index is -0.381. The van der Waals surface area contributed by atoms with Crippen LogP contribution in [-0.4, -0.2) is 6.54 Å². The topological polar surface area (TPSA) is 12.0 Å². The Morgan fingerprint density at radius 1 is 1.15 bits per heavy atom. The molecule has 0 spiro atoms. The van der Waals surface area contributed by atoms with Crippen molar-refractivity contribution in [1.29, 1.82) is 0 Å². The molecule has 0 heterocycles. The Morgan fingerprint density at radius 3 is 2.55 bits per heavy atom. The third-order valence-corrected chi connectivity index (χ3v) is 3.85. The lowest BCUT2D eigenvalue weighted by Gasteiger charge is -2.20. The van der Waals surface area contributed by atoms with Crippen LogP contribution in [0.25, 0.3) is 0 Å². The van der Waals surface area contributed by atoms with Gasteiger partial charge in [0.15, 0.2) is 0 Å². The van der Waals surface area contributed by atoms with E-state index >= 15 is 0 Å². The summed E-state index contributed by atoms with van der Waals surface area (Å²) in [5.74, 6) is -0.761. The SMILES string of the molecule is CCNC(c1cccc(I)c1)c1cc(F)c(C)cc1F. The molecule has 1 nitrogen and oxygen atoms in total. The first-order valence-electron chi connectivity index (χ1n) is 6.47. The molecule has 0 radical (unpaired) electrons. The van der Waals surface area contributed by atoms with Gasteiger partial charge in [-0.15, -0.1) is 0 Å². The second-order valence-corrected chi connectivity index (χ2v) is 5.91. The van der Waals surface area contributed by atoms with Crippen LogP contribution >= 0.6 is 22.6 Å². The van der Waals surface area contributed by atoms with Gasteiger partial charge in [0, 0.05) is 9.13 Å². The fraction of sp³-hybridized carbons (Fsp3) is 0.250. The highest BCUT2D eigenvalue weighted by molar-refractivity contribution is 14.1. The summed E-state index contributed by atoms with van der Waals surface area (Å²) in [5, 5.41) is 3.22. The van der Waals surface area contributed by atoms with Gasteiger partial charge in [-0.2, -0.15) is 0 Å². The van der Waals surface area contributed by atoms with Gasteiger partial charge in [-0.1, -0.05) is 19.1 Å². The normalized spacial score (nSPS) is 12.4. The third-order valence-electron chi connectivity index (χ3n) is 3.18. The van der Waals surface area contributed by atoms with Gasteiger partial charge in [-0.3, -0.25) is 0 Å². The van der Waals surface area contributed by atoms with Gasteiger partial charge in [-0.05, 0) is 71.5 Å². The summed E-state index contributed by atoms with van der Waals surface area (Å²) in [7, 11) is 0. The van der Waals surface area contributed by atoms with Crippen molar-refractivity contribution in [1.82, 2.24) is 5.32 Å². The van der Waals surface area contributed by atoms with Gasteiger partial charge in [0.2, 0.25) is 0 Å². The summed E-state index contributed by atoms with van der Waals surface area (Å²) in [6, 6.07) is 9.99. The van der Waals surface area contributed by atoms with E-state index in [1.165, 1.54) is 12.1 Å². The molecule has 1 N–H and O–H groups in total. The van der Waals surface area contributed by atoms with Gasteiger partial charge >= 0.3 is 0 Å². The third kappa shape index (κ3) is 3.35. The van der Waals surface area contributed by atoms with Gasteiger partial charge in [0.25, 0.3) is 0 Å². The summed E-state index contributed by atoms with van der Waals surface area (Å²) in [4.78, 5) is 0. The van der Waals surface area contributed by atoms with E-state index in [0.29, 0.717) is 17.7 Å². The highest BCUT2D eigenvalue weighted by Gasteiger charge is 2.19. The Morgan fingerprint density at radius 2 is 1.90 bits per heavy atom. The van der Waals surface area contributed by atoms with Crippen molar-refractivity contribution >= 4 is 22.6 Å². The van der Waals surface area contributed by atoms with E-state index in [4.69, 9.17) is 0 Å². The lowest BCUT2D eigenvalue weighted by atomic mass is 9.97. The molecule has 0 saturated heterocycles. The van der Waals surface area contributed by atoms with E-state index in [1.54, 1.807) is 6.92 Å². The van der Waals surface area contributed by atoms with Crippen LogP contribution in [0.2, 0.25) is 0 Å². The number of rotatable bonds is 4. The molecule has 2 aromatic rings. The van der Waals surface area contributed by atoms with Gasteiger partial charge < -0.3 is 5.32 Å². The molecule has 0 aliphatic heterocycles. The predicted molar refractivity (Wildman–Crippen MR) is 85.8 cm³/mol. The molecule has 1 unspecified atom stereocenters. The molecular weight excluding hydrogens is 371 g/mol. The smallest absolute Gasteiger partial charge is 0.128 e. The zero-order valence-corrected chi connectivity index (χ0v) is 13.5. The minimum absolute atomic E-state index is 0.323. The lowest BCUT2D eigenvalue weighted by Crippen LogP contribution is -2.23. The summed E-state index contributed by atoms with van der Waals surface area (Å²) in [6.07, 6.45) is 0. The van der Waals surface area contributed by atoms with Crippen LogP contribution in [0.3, 0.4) is 0 Å². The predicted octanol–water partition coefficient (Wildman–Crippen LogP) is 4.58. The molecule has 0 aliphatic carbocycles. The second-order valence-electron chi connectivity index (χ2n) is 4.67. The molecule has 0 aromatic heterocycles. The monoisotopic (exact) mass is 387 g/mol. The van der Waals surface area contributed by atoms with E-state index in [1.807, 2.05) is 31.2 Å². The quantitative estimate of drug-likeness (QED) is 0.758. The van der Waals surface area contributed by atoms with Crippen molar-refractivity contribution in [2.24, 2.45) is 0 Å². The first kappa shape index (κ1) is 15.4. The molecule has 0 saturated carbocycles. The fourth-order valence-corrected chi connectivity index (χ4v) is 2.75. The highest BCUT2D eigenvalue weighted by Crippen LogP contribution is 2.27. The number of hydrogen-bond acceptors (Lipinski definition) is 1. The van der Waals surface area contributed by atoms with Crippen LogP contribution in [0.5, 0.6) is 0 Å². The molecule has 0 bridgehead atoms. The van der Waals surface area contributed by atoms with Crippen LogP contribution in [0.4, 0.5) is 8.78 Å². The number of benzene rings is 2. The average Bonchev–Trinajstić information content (AvgIpc) is 2.40. The molecule has 0 fully saturated rings. The van der Waals surface area contributed by atoms with Crippen molar-refractivity contribution in [3.8, 4) is 0 Å². The molecule has 2 rings (SSSR count). The first-order chi connectivity index (χ1) is 9.52. The van der Waals surface area contributed by atoms with Crippen molar-refractivity contribution in [3.05, 3.63) is 68.3 Å². The zero-order chi connectivity index (χ0) is 14.7. The maximum atomic E-state index is 14.2. The molecule has 106 valence electrons. The van der Waals surface area contributed by atoms with Crippen LogP contribution in [0.15, 0.2) is 36.4 Å². The van der Waals surface area contributed by atoms with Crippen molar-refractivity contribution in [2.45, 2.75) is 19.9 Å². The van der Waals surface area contributed by atoms with Crippen LogP contribution in [-0.2, 0) is 0 Å². The molecule has 1 atom stereocenters. The number of aryl methyl sites for hydroxylation is 1. The largest absolute Gasteiger partial charge is 0.306 e. The zero-order valence-electron chi connectivity index (χ0n) is 11.4. The summed E-state index contributed by atoms with van der Waals surface area (Å²) < 4.78 is 29.0. The van der Waals surface area contributed by atoms with Crippen LogP contribution < -0.4 is 5.32 Å². The summed E-state index contributed by atoms with van der Waals surface area (Å²) in [5.41, 5.74) is 1.60. The number of hydrogen-bond donors (Lipinski definition) is 1. The molecule has 0 amide bonds. The molecule has 20 heavy (non-hydrogen) atoms. The Hall–Kier alpha value is -1.01. The minimum Gasteiger partial charge on any atom is -0.306 e. The lowest BCUT2D eigenvalue weighted by molar-refractivity contribution is 0.541. The molecule has 2 aromatic carbocycles. The molecule has 0 aliphatic rings. The van der Waals surface area contributed by atoms with E-state index in [0.717, 1.165) is 9.13 Å². The van der Waals surface area contributed by atoms with Crippen molar-refractivity contribution in [3.63, 3.8) is 0 Å². The van der Waals surface area contributed by atoms with Gasteiger partial charge in [-0.25, -0.2) is 8.78 Å². The van der Waals surface area contributed by atoms with Gasteiger partial charge in [0.05, 0.1) is 6.04 Å². The van der Waals surface area contributed by atoms with Crippen LogP contribution in [0, 0.1) is 22.1 Å². The van der Waals surface area contributed by atoms with Crippen molar-refractivity contribution < 1.29 is 8.78 Å². The summed E-state index contributed by atoms with van der Waals surface area (Å²) in [6.45, 7) is 4.18. The average molecular weight is 387 g/mol. The standard InChI is InChI=1S/C16H16F2IN/c1-3-20-16(11-5-4-6-12(19)8-11)13-9-14(17)10(2)7-15(13)18/h4-9,16,20H,3H2,1-2H3. The maximum absolute atomic E-state index is 14.2. The maximum Gasteiger partial charge on any atom is 0.128 e. The van der Waals surface area contributed by atoms with E-state index in [2.05, 4.69) is 27.9 Å². The Labute approximate surface area is 131 Å². The van der Waals surface area contributed by atoms with Crippen molar-refractivity contribution in [2.75, 3.05) is 6.54 Å². The number of halogens is 3. The van der Waals surface area contributed by atoms with E-state index < -0.39 is 0 Å². The van der Waals surface area contributed by atoms with E-state index in [-0.39, 0.29) is 17.7 Å². The van der Waals surface area contributed by atoms with Gasteiger partial charge in [0.1, 0.15) is 11.6 Å². The molecule has 4 heteroatoms. The van der Waals surface area contributed by atoms with E-state index in [9.17, 15) is 8.78 Å². The van der Waals surface area contributed by atoms with Crippen LogP contribution in [0.1, 0.15) is 29.7 Å². The second kappa shape index (κ2) is 6.63. The Kier molecular flexibility index (Phi) is 5.10. The molecular formula is C16H16F2IN. The highest BCUT2D eigenvalue weighted by atomic mass is 127. The fourth-order valence-electron chi connectivity index (χ4n) is 2.18. The first-order valence-corrected chi connectivity index (χ1v) is 7.55.